The molecule has 0 radical (unpaired) electrons. The fraction of sp³-hybridized carbons (Fsp3) is 0.389. The van der Waals surface area contributed by atoms with Crippen LogP contribution in [0.4, 0.5) is 0 Å². The zero-order chi connectivity index (χ0) is 16.2. The normalized spacial score (nSPS) is 24.5. The molecule has 0 N–H and O–H groups in total. The van der Waals surface area contributed by atoms with Crippen molar-refractivity contribution in [1.29, 1.82) is 5.26 Å². The first-order valence-electron chi connectivity index (χ1n) is 7.87. The Kier molecular flexibility index (Phi) is 3.14. The van der Waals surface area contributed by atoms with Crippen molar-refractivity contribution in [3.8, 4) is 17.3 Å². The fourth-order valence-corrected chi connectivity index (χ4v) is 4.60. The van der Waals surface area contributed by atoms with Gasteiger partial charge in [-0.2, -0.15) is 5.26 Å². The van der Waals surface area contributed by atoms with Gasteiger partial charge in [0.1, 0.15) is 5.25 Å². The number of thioether (sulfide) groups is 1. The van der Waals surface area contributed by atoms with Gasteiger partial charge in [0.05, 0.1) is 23.9 Å². The second-order valence-electron chi connectivity index (χ2n) is 6.52. The lowest BCUT2D eigenvalue weighted by Crippen LogP contribution is -2.39. The van der Waals surface area contributed by atoms with Gasteiger partial charge < -0.3 is 0 Å². The van der Waals surface area contributed by atoms with E-state index in [2.05, 4.69) is 26.0 Å². The predicted octanol–water partition coefficient (Wildman–Crippen LogP) is 3.13. The van der Waals surface area contributed by atoms with Gasteiger partial charge in [-0.25, -0.2) is 4.98 Å². The van der Waals surface area contributed by atoms with E-state index in [1.807, 2.05) is 18.2 Å². The standard InChI is InChI=1S/C18H17N3OS/c1-3-18(2)8-11-6-4-5-7-13(11)15-14(18)16(22)21-10-12(9-19)23-17(21)20-15/h4-7,12H,3,8,10H2,1-2H3/t12-,18+/m1/s1. The van der Waals surface area contributed by atoms with Crippen LogP contribution in [0.25, 0.3) is 11.3 Å². The number of fused-ring (bicyclic) bond motifs is 4. The molecule has 5 heteroatoms. The average Bonchev–Trinajstić information content (AvgIpc) is 2.98. The van der Waals surface area contributed by atoms with Gasteiger partial charge in [-0.15, -0.1) is 0 Å². The van der Waals surface area contributed by atoms with Crippen LogP contribution in [0.2, 0.25) is 0 Å². The summed E-state index contributed by atoms with van der Waals surface area (Å²) in [6.45, 7) is 4.72. The van der Waals surface area contributed by atoms with Crippen LogP contribution >= 0.6 is 11.8 Å². The first-order chi connectivity index (χ1) is 11.1. The molecular formula is C18H17N3OS. The van der Waals surface area contributed by atoms with E-state index >= 15 is 0 Å². The topological polar surface area (TPSA) is 58.7 Å². The molecule has 4 rings (SSSR count). The van der Waals surface area contributed by atoms with Crippen LogP contribution in [0.5, 0.6) is 0 Å². The van der Waals surface area contributed by atoms with Crippen LogP contribution in [0.3, 0.4) is 0 Å². The third-order valence-electron chi connectivity index (χ3n) is 5.11. The zero-order valence-corrected chi connectivity index (χ0v) is 14.0. The Morgan fingerprint density at radius 3 is 3.00 bits per heavy atom. The van der Waals surface area contributed by atoms with Gasteiger partial charge in [-0.1, -0.05) is 49.9 Å². The summed E-state index contributed by atoms with van der Waals surface area (Å²) in [6.07, 6.45) is 1.75. The van der Waals surface area contributed by atoms with Gasteiger partial charge >= 0.3 is 0 Å². The van der Waals surface area contributed by atoms with Crippen LogP contribution < -0.4 is 5.56 Å². The smallest absolute Gasteiger partial charge is 0.258 e. The van der Waals surface area contributed by atoms with Crippen LogP contribution in [0.1, 0.15) is 31.4 Å². The van der Waals surface area contributed by atoms with Gasteiger partial charge in [-0.3, -0.25) is 9.36 Å². The minimum absolute atomic E-state index is 0.0362. The van der Waals surface area contributed by atoms with Gasteiger partial charge in [0.15, 0.2) is 5.16 Å². The molecule has 0 saturated heterocycles. The molecule has 2 atom stereocenters. The first kappa shape index (κ1) is 14.5. The van der Waals surface area contributed by atoms with Crippen molar-refractivity contribution < 1.29 is 0 Å². The summed E-state index contributed by atoms with van der Waals surface area (Å²) in [7, 11) is 0. The molecule has 0 unspecified atom stereocenters. The lowest BCUT2D eigenvalue weighted by molar-refractivity contribution is 0.430. The molecule has 2 heterocycles. The molecule has 0 fully saturated rings. The Morgan fingerprint density at radius 2 is 2.26 bits per heavy atom. The van der Waals surface area contributed by atoms with E-state index in [1.165, 1.54) is 17.3 Å². The highest BCUT2D eigenvalue weighted by Crippen LogP contribution is 2.43. The second-order valence-corrected chi connectivity index (χ2v) is 7.69. The minimum Gasteiger partial charge on any atom is -0.285 e. The van der Waals surface area contributed by atoms with E-state index in [0.29, 0.717) is 11.7 Å². The Labute approximate surface area is 139 Å². The number of aromatic nitrogens is 2. The molecule has 2 aromatic rings. The summed E-state index contributed by atoms with van der Waals surface area (Å²) in [5.41, 5.74) is 3.79. The highest BCUT2D eigenvalue weighted by molar-refractivity contribution is 8.00. The first-order valence-corrected chi connectivity index (χ1v) is 8.75. The van der Waals surface area contributed by atoms with Crippen molar-refractivity contribution in [2.45, 2.75) is 49.1 Å². The van der Waals surface area contributed by atoms with Crippen LogP contribution in [0, 0.1) is 11.3 Å². The fourth-order valence-electron chi connectivity index (χ4n) is 3.64. The summed E-state index contributed by atoms with van der Waals surface area (Å²) >= 11 is 1.40. The summed E-state index contributed by atoms with van der Waals surface area (Å²) in [5.74, 6) is 0. The van der Waals surface area contributed by atoms with Crippen molar-refractivity contribution >= 4 is 11.8 Å². The third-order valence-corrected chi connectivity index (χ3v) is 6.17. The van der Waals surface area contributed by atoms with E-state index < -0.39 is 0 Å². The zero-order valence-electron chi connectivity index (χ0n) is 13.2. The molecule has 1 aromatic heterocycles. The van der Waals surface area contributed by atoms with Gasteiger partial charge in [0.2, 0.25) is 0 Å². The van der Waals surface area contributed by atoms with E-state index in [-0.39, 0.29) is 16.2 Å². The molecule has 2 aliphatic rings. The van der Waals surface area contributed by atoms with Crippen molar-refractivity contribution in [2.24, 2.45) is 0 Å². The molecular weight excluding hydrogens is 306 g/mol. The van der Waals surface area contributed by atoms with E-state index in [0.717, 1.165) is 29.7 Å². The Hall–Kier alpha value is -2.06. The molecule has 0 spiro atoms. The minimum atomic E-state index is -0.220. The van der Waals surface area contributed by atoms with Crippen molar-refractivity contribution in [3.05, 3.63) is 45.7 Å². The maximum atomic E-state index is 13.2. The Morgan fingerprint density at radius 1 is 1.48 bits per heavy atom. The average molecular weight is 323 g/mol. The number of nitrogens with zero attached hydrogens (tertiary/aromatic N) is 3. The second kappa shape index (κ2) is 4.97. The van der Waals surface area contributed by atoms with E-state index in [4.69, 9.17) is 4.98 Å². The quantitative estimate of drug-likeness (QED) is 0.757. The number of benzene rings is 1. The summed E-state index contributed by atoms with van der Waals surface area (Å²) in [5, 5.41) is 9.64. The van der Waals surface area contributed by atoms with Crippen molar-refractivity contribution in [1.82, 2.24) is 9.55 Å². The molecule has 1 aliphatic carbocycles. The molecule has 0 saturated carbocycles. The molecule has 0 bridgehead atoms. The largest absolute Gasteiger partial charge is 0.285 e. The SMILES string of the molecule is CC[C@@]1(C)Cc2ccccc2-c2nc3n(c(=O)c21)C[C@@H](C#N)S3. The van der Waals surface area contributed by atoms with Crippen LogP contribution in [-0.2, 0) is 18.4 Å². The number of rotatable bonds is 1. The lowest BCUT2D eigenvalue weighted by atomic mass is 9.69. The number of hydrogen-bond acceptors (Lipinski definition) is 4. The highest BCUT2D eigenvalue weighted by atomic mass is 32.2. The van der Waals surface area contributed by atoms with E-state index in [1.54, 1.807) is 4.57 Å². The Bertz CT molecular complexity index is 911. The monoisotopic (exact) mass is 323 g/mol. The van der Waals surface area contributed by atoms with Crippen molar-refractivity contribution in [3.63, 3.8) is 0 Å². The van der Waals surface area contributed by atoms with Crippen LogP contribution in [-0.4, -0.2) is 14.8 Å². The van der Waals surface area contributed by atoms with Gasteiger partial charge in [0, 0.05) is 11.0 Å². The third kappa shape index (κ3) is 1.98. The highest BCUT2D eigenvalue weighted by Gasteiger charge is 2.39. The van der Waals surface area contributed by atoms with Crippen LogP contribution in [0.15, 0.2) is 34.2 Å². The van der Waals surface area contributed by atoms with E-state index in [9.17, 15) is 10.1 Å². The Balaban J connectivity index is 2.05. The van der Waals surface area contributed by atoms with Gasteiger partial charge in [-0.05, 0) is 18.4 Å². The molecule has 1 aliphatic heterocycles. The predicted molar refractivity (Wildman–Crippen MR) is 90.5 cm³/mol. The molecule has 116 valence electrons. The molecule has 0 amide bonds. The maximum Gasteiger partial charge on any atom is 0.258 e. The summed E-state index contributed by atoms with van der Waals surface area (Å²) in [6, 6.07) is 10.5. The van der Waals surface area contributed by atoms with Crippen molar-refractivity contribution in [2.75, 3.05) is 0 Å². The molecule has 1 aromatic carbocycles. The number of hydrogen-bond donors (Lipinski definition) is 0. The summed E-state index contributed by atoms with van der Waals surface area (Å²) < 4.78 is 1.69. The lowest BCUT2D eigenvalue weighted by Gasteiger charge is -2.35. The number of nitriles is 1. The maximum absolute atomic E-state index is 13.2. The summed E-state index contributed by atoms with van der Waals surface area (Å²) in [4.78, 5) is 18.0. The molecule has 23 heavy (non-hydrogen) atoms. The van der Waals surface area contributed by atoms with Gasteiger partial charge in [0.25, 0.3) is 5.56 Å². The molecule has 4 nitrogen and oxygen atoms in total.